The van der Waals surface area contributed by atoms with Gasteiger partial charge in [-0.1, -0.05) is 18.2 Å². The van der Waals surface area contributed by atoms with Crippen molar-refractivity contribution in [1.29, 1.82) is 0 Å². The quantitative estimate of drug-likeness (QED) is 0.414. The van der Waals surface area contributed by atoms with Gasteiger partial charge in [0.1, 0.15) is 27.9 Å². The summed E-state index contributed by atoms with van der Waals surface area (Å²) in [6.07, 6.45) is 0.518. The molecule has 0 saturated carbocycles. The van der Waals surface area contributed by atoms with E-state index >= 15 is 0 Å². The maximum atomic E-state index is 12.3. The zero-order valence-corrected chi connectivity index (χ0v) is 18.9. The van der Waals surface area contributed by atoms with Crippen molar-refractivity contribution in [1.82, 2.24) is 15.3 Å². The fourth-order valence-corrected chi connectivity index (χ4v) is 5.29. The number of nitrogens with one attached hydrogen (secondary N) is 2. The molecule has 0 radical (unpaired) electrons. The standard InChI is InChI=1S/C23H18N4O3S2/c1-12-19(22(29)27-21(12)28)26-20-18-15(16-4-3-9-31-16)11-32-23(18)25-17(24-20)10-13-5-7-14(30-2)8-6-13/h3-9,11H,10H2,1-2H3,(H2,24,25,26,27,28,29). The van der Waals surface area contributed by atoms with E-state index in [1.807, 2.05) is 41.8 Å². The molecule has 5 rings (SSSR count). The van der Waals surface area contributed by atoms with E-state index in [1.54, 1.807) is 25.4 Å². The van der Waals surface area contributed by atoms with Crippen LogP contribution in [-0.4, -0.2) is 28.9 Å². The highest BCUT2D eigenvalue weighted by molar-refractivity contribution is 7.18. The van der Waals surface area contributed by atoms with Gasteiger partial charge < -0.3 is 10.1 Å². The lowest BCUT2D eigenvalue weighted by Gasteiger charge is -2.11. The maximum Gasteiger partial charge on any atom is 0.275 e. The van der Waals surface area contributed by atoms with Crippen molar-refractivity contribution in [2.45, 2.75) is 13.3 Å². The first-order valence-corrected chi connectivity index (χ1v) is 11.6. The van der Waals surface area contributed by atoms with E-state index in [9.17, 15) is 9.59 Å². The molecule has 0 spiro atoms. The second kappa shape index (κ2) is 8.18. The molecule has 4 heterocycles. The molecule has 1 aliphatic rings. The Morgan fingerprint density at radius 1 is 1.06 bits per heavy atom. The van der Waals surface area contributed by atoms with Gasteiger partial charge in [-0.3, -0.25) is 14.9 Å². The number of imide groups is 1. The minimum atomic E-state index is -0.455. The molecule has 0 atom stereocenters. The third kappa shape index (κ3) is 3.65. The summed E-state index contributed by atoms with van der Waals surface area (Å²) in [5, 5.41) is 10.4. The number of hydrogen-bond donors (Lipinski definition) is 2. The van der Waals surface area contributed by atoms with Crippen molar-refractivity contribution in [3.05, 3.63) is 69.8 Å². The van der Waals surface area contributed by atoms with Crippen molar-refractivity contribution in [3.8, 4) is 16.2 Å². The topological polar surface area (TPSA) is 93.2 Å². The number of amides is 2. The van der Waals surface area contributed by atoms with Gasteiger partial charge in [-0.05, 0) is 36.1 Å². The molecule has 0 unspecified atom stereocenters. The van der Waals surface area contributed by atoms with Crippen LogP contribution in [0.4, 0.5) is 5.82 Å². The summed E-state index contributed by atoms with van der Waals surface area (Å²) in [5.41, 5.74) is 2.59. The molecule has 32 heavy (non-hydrogen) atoms. The number of rotatable bonds is 6. The number of fused-ring (bicyclic) bond motifs is 1. The summed E-state index contributed by atoms with van der Waals surface area (Å²) >= 11 is 3.15. The van der Waals surface area contributed by atoms with E-state index in [0.29, 0.717) is 23.6 Å². The van der Waals surface area contributed by atoms with E-state index < -0.39 is 11.8 Å². The monoisotopic (exact) mass is 462 g/mol. The minimum absolute atomic E-state index is 0.216. The molecule has 160 valence electrons. The highest BCUT2D eigenvalue weighted by atomic mass is 32.1. The Bertz CT molecular complexity index is 1370. The van der Waals surface area contributed by atoms with Crippen LogP contribution in [0.2, 0.25) is 0 Å². The fourth-order valence-electron chi connectivity index (χ4n) is 3.51. The molecule has 4 aromatic rings. The number of nitrogens with zero attached hydrogens (tertiary/aromatic N) is 2. The molecular weight excluding hydrogens is 444 g/mol. The Labute approximate surface area is 191 Å². The normalized spacial score (nSPS) is 13.7. The van der Waals surface area contributed by atoms with E-state index in [4.69, 9.17) is 14.7 Å². The average Bonchev–Trinajstić information content (AvgIpc) is 3.51. The molecule has 2 N–H and O–H groups in total. The number of methoxy groups -OCH3 is 1. The molecule has 2 amide bonds. The molecule has 0 fully saturated rings. The van der Waals surface area contributed by atoms with Crippen LogP contribution in [0.5, 0.6) is 5.75 Å². The number of aromatic nitrogens is 2. The Morgan fingerprint density at radius 3 is 2.53 bits per heavy atom. The molecular formula is C23H18N4O3S2. The number of hydrogen-bond acceptors (Lipinski definition) is 8. The first-order chi connectivity index (χ1) is 15.5. The summed E-state index contributed by atoms with van der Waals surface area (Å²) < 4.78 is 5.23. The summed E-state index contributed by atoms with van der Waals surface area (Å²) in [7, 11) is 1.63. The van der Waals surface area contributed by atoms with Crippen LogP contribution in [0.25, 0.3) is 20.7 Å². The lowest BCUT2D eigenvalue weighted by atomic mass is 10.1. The summed E-state index contributed by atoms with van der Waals surface area (Å²) in [5.74, 6) is 1.06. The van der Waals surface area contributed by atoms with E-state index in [2.05, 4.69) is 16.0 Å². The largest absolute Gasteiger partial charge is 0.497 e. The Balaban J connectivity index is 1.61. The van der Waals surface area contributed by atoms with E-state index in [1.165, 1.54) is 11.3 Å². The minimum Gasteiger partial charge on any atom is -0.497 e. The van der Waals surface area contributed by atoms with Crippen LogP contribution >= 0.6 is 22.7 Å². The summed E-state index contributed by atoms with van der Waals surface area (Å²) in [6, 6.07) is 11.8. The molecule has 9 heteroatoms. The van der Waals surface area contributed by atoms with Crippen molar-refractivity contribution >= 4 is 50.5 Å². The zero-order valence-electron chi connectivity index (χ0n) is 17.3. The molecule has 0 saturated heterocycles. The van der Waals surface area contributed by atoms with Crippen molar-refractivity contribution in [2.75, 3.05) is 12.4 Å². The van der Waals surface area contributed by atoms with Gasteiger partial charge in [0, 0.05) is 27.8 Å². The van der Waals surface area contributed by atoms with Crippen molar-refractivity contribution in [3.63, 3.8) is 0 Å². The van der Waals surface area contributed by atoms with Crippen LogP contribution in [0.15, 0.2) is 58.4 Å². The van der Waals surface area contributed by atoms with Gasteiger partial charge >= 0.3 is 0 Å². The van der Waals surface area contributed by atoms with Crippen LogP contribution in [0.3, 0.4) is 0 Å². The number of carbonyl (C=O) groups is 2. The average molecular weight is 463 g/mol. The number of ether oxygens (including phenoxy) is 1. The highest BCUT2D eigenvalue weighted by Gasteiger charge is 2.28. The molecule has 1 aromatic carbocycles. The second-order valence-electron chi connectivity index (χ2n) is 7.23. The van der Waals surface area contributed by atoms with Gasteiger partial charge in [-0.25, -0.2) is 9.97 Å². The first kappa shape index (κ1) is 20.3. The second-order valence-corrected chi connectivity index (χ2v) is 9.03. The van der Waals surface area contributed by atoms with Gasteiger partial charge in [0.2, 0.25) is 0 Å². The van der Waals surface area contributed by atoms with E-state index in [0.717, 1.165) is 32.0 Å². The lowest BCUT2D eigenvalue weighted by molar-refractivity contribution is -0.124. The maximum absolute atomic E-state index is 12.3. The Kier molecular flexibility index (Phi) is 5.20. The van der Waals surface area contributed by atoms with Crippen LogP contribution in [-0.2, 0) is 16.0 Å². The molecule has 3 aromatic heterocycles. The van der Waals surface area contributed by atoms with Crippen LogP contribution in [0.1, 0.15) is 18.3 Å². The number of benzene rings is 1. The predicted molar refractivity (Wildman–Crippen MR) is 126 cm³/mol. The smallest absolute Gasteiger partial charge is 0.275 e. The molecule has 7 nitrogen and oxygen atoms in total. The predicted octanol–water partition coefficient (Wildman–Crippen LogP) is 4.36. The van der Waals surface area contributed by atoms with Crippen LogP contribution in [0, 0.1) is 0 Å². The van der Waals surface area contributed by atoms with Gasteiger partial charge in [-0.2, -0.15) is 0 Å². The van der Waals surface area contributed by atoms with E-state index in [-0.39, 0.29) is 5.70 Å². The molecule has 0 bridgehead atoms. The van der Waals surface area contributed by atoms with Gasteiger partial charge in [0.15, 0.2) is 0 Å². The lowest BCUT2D eigenvalue weighted by Crippen LogP contribution is -2.24. The Hall–Kier alpha value is -3.56. The summed E-state index contributed by atoms with van der Waals surface area (Å²) in [6.45, 7) is 1.62. The first-order valence-electron chi connectivity index (χ1n) is 9.82. The van der Waals surface area contributed by atoms with Crippen molar-refractivity contribution < 1.29 is 14.3 Å². The number of anilines is 1. The Morgan fingerprint density at radius 2 is 1.88 bits per heavy atom. The fraction of sp³-hybridized carbons (Fsp3) is 0.130. The number of thiophene rings is 2. The van der Waals surface area contributed by atoms with Gasteiger partial charge in [-0.15, -0.1) is 22.7 Å². The number of carbonyl (C=O) groups excluding carboxylic acids is 2. The van der Waals surface area contributed by atoms with Gasteiger partial charge in [0.05, 0.1) is 12.5 Å². The SMILES string of the molecule is COc1ccc(Cc2nc(NC3=C(C)C(=O)NC3=O)c3c(-c4cccs4)csc3n2)cc1. The summed E-state index contributed by atoms with van der Waals surface area (Å²) in [4.78, 5) is 35.7. The zero-order chi connectivity index (χ0) is 22.2. The third-order valence-electron chi connectivity index (χ3n) is 5.20. The third-order valence-corrected chi connectivity index (χ3v) is 6.98. The highest BCUT2D eigenvalue weighted by Crippen LogP contribution is 2.39. The molecule has 1 aliphatic heterocycles. The molecule has 0 aliphatic carbocycles. The van der Waals surface area contributed by atoms with Crippen LogP contribution < -0.4 is 15.4 Å². The van der Waals surface area contributed by atoms with Crippen molar-refractivity contribution in [2.24, 2.45) is 0 Å². The van der Waals surface area contributed by atoms with Gasteiger partial charge in [0.25, 0.3) is 11.8 Å².